The Bertz CT molecular complexity index is 511. The first-order valence-electron chi connectivity index (χ1n) is 7.25. The van der Waals surface area contributed by atoms with Crippen LogP contribution in [0.15, 0.2) is 21.6 Å². The fourth-order valence-corrected chi connectivity index (χ4v) is 2.78. The average Bonchev–Trinajstić information content (AvgIpc) is 2.86. The van der Waals surface area contributed by atoms with E-state index in [2.05, 4.69) is 23.9 Å². The molecule has 21 heavy (non-hydrogen) atoms. The van der Waals surface area contributed by atoms with Crippen molar-refractivity contribution in [1.82, 2.24) is 10.0 Å². The van der Waals surface area contributed by atoms with Gasteiger partial charge in [-0.15, -0.1) is 0 Å². The summed E-state index contributed by atoms with van der Waals surface area (Å²) < 4.78 is 37.2. The van der Waals surface area contributed by atoms with Crippen molar-refractivity contribution in [3.05, 3.63) is 17.9 Å². The van der Waals surface area contributed by atoms with E-state index in [1.165, 1.54) is 6.07 Å². The zero-order valence-electron chi connectivity index (χ0n) is 13.2. The molecule has 0 saturated heterocycles. The molecule has 122 valence electrons. The fourth-order valence-electron chi connectivity index (χ4n) is 1.72. The maximum absolute atomic E-state index is 12.1. The molecule has 0 aliphatic heterocycles. The summed E-state index contributed by atoms with van der Waals surface area (Å²) in [7, 11) is -3.62. The van der Waals surface area contributed by atoms with Crippen LogP contribution in [0.4, 0.5) is 0 Å². The van der Waals surface area contributed by atoms with Gasteiger partial charge in [-0.2, -0.15) is 0 Å². The summed E-state index contributed by atoms with van der Waals surface area (Å²) in [5, 5.41) is 3.14. The van der Waals surface area contributed by atoms with Gasteiger partial charge in [0.25, 0.3) is 10.0 Å². The Kier molecular flexibility index (Phi) is 7.37. The first-order valence-corrected chi connectivity index (χ1v) is 8.74. The second-order valence-electron chi connectivity index (χ2n) is 5.36. The number of hydrogen-bond acceptors (Lipinski definition) is 5. The third kappa shape index (κ3) is 6.60. The topological polar surface area (TPSA) is 80.6 Å². The number of furan rings is 1. The van der Waals surface area contributed by atoms with E-state index < -0.39 is 10.0 Å². The minimum absolute atomic E-state index is 0.0625. The summed E-state index contributed by atoms with van der Waals surface area (Å²) in [6.07, 6.45) is -0.174. The molecule has 1 heterocycles. The van der Waals surface area contributed by atoms with Gasteiger partial charge in [-0.3, -0.25) is 0 Å². The van der Waals surface area contributed by atoms with Crippen LogP contribution in [-0.2, 0) is 21.3 Å². The molecule has 0 radical (unpaired) electrons. The van der Waals surface area contributed by atoms with Crippen LogP contribution in [0, 0.1) is 5.92 Å². The van der Waals surface area contributed by atoms with Gasteiger partial charge < -0.3 is 14.5 Å². The van der Waals surface area contributed by atoms with E-state index in [0.29, 0.717) is 24.8 Å². The van der Waals surface area contributed by atoms with Gasteiger partial charge in [-0.1, -0.05) is 13.8 Å². The predicted octanol–water partition coefficient (Wildman–Crippen LogP) is 1.73. The number of ether oxygens (including phenoxy) is 1. The van der Waals surface area contributed by atoms with Crippen LogP contribution in [0.1, 0.15) is 33.5 Å². The number of nitrogens with one attached hydrogen (secondary N) is 2. The molecular formula is C14H26N2O4S. The zero-order valence-corrected chi connectivity index (χ0v) is 14.0. The molecule has 0 amide bonds. The average molecular weight is 318 g/mol. The Morgan fingerprint density at radius 1 is 1.24 bits per heavy atom. The number of rotatable bonds is 10. The predicted molar refractivity (Wildman–Crippen MR) is 81.5 cm³/mol. The van der Waals surface area contributed by atoms with E-state index in [-0.39, 0.29) is 17.7 Å². The van der Waals surface area contributed by atoms with E-state index in [1.807, 2.05) is 13.8 Å². The molecule has 0 fully saturated rings. The van der Waals surface area contributed by atoms with Crippen molar-refractivity contribution in [1.29, 1.82) is 0 Å². The largest absolute Gasteiger partial charge is 0.447 e. The van der Waals surface area contributed by atoms with E-state index >= 15 is 0 Å². The van der Waals surface area contributed by atoms with Crippen LogP contribution < -0.4 is 10.0 Å². The summed E-state index contributed by atoms with van der Waals surface area (Å²) in [6, 6.07) is 3.15. The van der Waals surface area contributed by atoms with E-state index in [9.17, 15) is 8.42 Å². The quantitative estimate of drug-likeness (QED) is 0.687. The monoisotopic (exact) mass is 318 g/mol. The molecule has 0 spiro atoms. The Balaban J connectivity index is 2.53. The third-order valence-electron chi connectivity index (χ3n) is 2.77. The maximum atomic E-state index is 12.1. The Labute approximate surface area is 127 Å². The summed E-state index contributed by atoms with van der Waals surface area (Å²) in [5.74, 6) is 1.14. The van der Waals surface area contributed by atoms with Crippen molar-refractivity contribution in [3.63, 3.8) is 0 Å². The van der Waals surface area contributed by atoms with Gasteiger partial charge in [-0.05, 0) is 38.4 Å². The van der Waals surface area contributed by atoms with Crippen LogP contribution in [-0.4, -0.2) is 34.2 Å². The van der Waals surface area contributed by atoms with Crippen LogP contribution in [0.3, 0.4) is 0 Å². The van der Waals surface area contributed by atoms with Gasteiger partial charge in [0.1, 0.15) is 5.76 Å². The molecule has 6 nitrogen and oxygen atoms in total. The lowest BCUT2D eigenvalue weighted by Gasteiger charge is -2.11. The summed E-state index contributed by atoms with van der Waals surface area (Å²) >= 11 is 0. The molecule has 1 unspecified atom stereocenters. The summed E-state index contributed by atoms with van der Waals surface area (Å²) in [5.41, 5.74) is 0. The number of hydrogen-bond donors (Lipinski definition) is 2. The molecule has 0 aliphatic carbocycles. The lowest BCUT2D eigenvalue weighted by atomic mass is 10.2. The molecular weight excluding hydrogens is 292 g/mol. The molecule has 0 bridgehead atoms. The lowest BCUT2D eigenvalue weighted by Crippen LogP contribution is -2.32. The second kappa shape index (κ2) is 8.53. The first-order chi connectivity index (χ1) is 9.85. The smallest absolute Gasteiger partial charge is 0.274 e. The zero-order chi connectivity index (χ0) is 15.9. The van der Waals surface area contributed by atoms with Gasteiger partial charge in [0, 0.05) is 13.2 Å². The minimum atomic E-state index is -3.62. The molecule has 0 aliphatic rings. The van der Waals surface area contributed by atoms with Crippen LogP contribution in [0.2, 0.25) is 0 Å². The van der Waals surface area contributed by atoms with E-state index in [1.54, 1.807) is 6.07 Å². The van der Waals surface area contributed by atoms with Crippen molar-refractivity contribution in [2.45, 2.75) is 45.4 Å². The normalized spacial score (nSPS) is 13.8. The first kappa shape index (κ1) is 18.2. The Morgan fingerprint density at radius 2 is 1.95 bits per heavy atom. The van der Waals surface area contributed by atoms with Crippen molar-refractivity contribution in [2.75, 3.05) is 19.7 Å². The highest BCUT2D eigenvalue weighted by Crippen LogP contribution is 2.13. The second-order valence-corrected chi connectivity index (χ2v) is 7.06. The fraction of sp³-hybridized carbons (Fsp3) is 0.714. The molecule has 0 aromatic carbocycles. The van der Waals surface area contributed by atoms with Gasteiger partial charge in [0.05, 0.1) is 12.6 Å². The molecule has 1 rings (SSSR count). The van der Waals surface area contributed by atoms with E-state index in [4.69, 9.17) is 9.15 Å². The third-order valence-corrected chi connectivity index (χ3v) is 4.06. The van der Waals surface area contributed by atoms with E-state index in [0.717, 1.165) is 6.54 Å². The van der Waals surface area contributed by atoms with Gasteiger partial charge >= 0.3 is 0 Å². The lowest BCUT2D eigenvalue weighted by molar-refractivity contribution is 0.0799. The molecule has 1 atom stereocenters. The highest BCUT2D eigenvalue weighted by molar-refractivity contribution is 7.89. The highest BCUT2D eigenvalue weighted by atomic mass is 32.2. The molecule has 1 aromatic rings. The minimum Gasteiger partial charge on any atom is -0.447 e. The van der Waals surface area contributed by atoms with Crippen molar-refractivity contribution >= 4 is 10.0 Å². The van der Waals surface area contributed by atoms with Crippen molar-refractivity contribution in [3.8, 4) is 0 Å². The standard InChI is InChI=1S/C14H26N2O4S/c1-5-19-12(4)9-16-21(17,18)14-7-6-13(20-14)10-15-8-11(2)3/h6-7,11-12,15-16H,5,8-10H2,1-4H3. The van der Waals surface area contributed by atoms with Crippen molar-refractivity contribution < 1.29 is 17.6 Å². The summed E-state index contributed by atoms with van der Waals surface area (Å²) in [4.78, 5) is 0. The van der Waals surface area contributed by atoms with Gasteiger partial charge in [0.15, 0.2) is 0 Å². The molecule has 7 heteroatoms. The Morgan fingerprint density at radius 3 is 2.57 bits per heavy atom. The van der Waals surface area contributed by atoms with Gasteiger partial charge in [-0.25, -0.2) is 13.1 Å². The highest BCUT2D eigenvalue weighted by Gasteiger charge is 2.19. The van der Waals surface area contributed by atoms with Crippen molar-refractivity contribution in [2.24, 2.45) is 5.92 Å². The van der Waals surface area contributed by atoms with Crippen LogP contribution in [0.5, 0.6) is 0 Å². The molecule has 1 aromatic heterocycles. The summed E-state index contributed by atoms with van der Waals surface area (Å²) in [6.45, 7) is 10.0. The van der Waals surface area contributed by atoms with Crippen LogP contribution in [0.25, 0.3) is 0 Å². The number of sulfonamides is 1. The van der Waals surface area contributed by atoms with Gasteiger partial charge in [0.2, 0.25) is 5.09 Å². The molecule has 0 saturated carbocycles. The Hall–Kier alpha value is -0.890. The maximum Gasteiger partial charge on any atom is 0.274 e. The SMILES string of the molecule is CCOC(C)CNS(=O)(=O)c1ccc(CNCC(C)C)o1. The van der Waals surface area contributed by atoms with Crippen LogP contribution >= 0.6 is 0 Å². The molecule has 2 N–H and O–H groups in total.